The maximum absolute atomic E-state index is 12.4. The van der Waals surface area contributed by atoms with Crippen LogP contribution in [-0.4, -0.2) is 33.2 Å². The van der Waals surface area contributed by atoms with E-state index in [0.717, 1.165) is 21.7 Å². The van der Waals surface area contributed by atoms with Gasteiger partial charge in [-0.1, -0.05) is 6.07 Å². The van der Waals surface area contributed by atoms with E-state index in [-0.39, 0.29) is 12.6 Å². The molecule has 0 spiro atoms. The molecule has 146 valence electrons. The molecule has 6 nitrogen and oxygen atoms in total. The fourth-order valence-corrected chi connectivity index (χ4v) is 3.55. The summed E-state index contributed by atoms with van der Waals surface area (Å²) in [7, 11) is -3.61. The molecule has 0 aromatic heterocycles. The maximum Gasteiger partial charge on any atom is 0.245 e. The van der Waals surface area contributed by atoms with E-state index < -0.39 is 15.9 Å². The molecule has 0 aliphatic heterocycles. The van der Waals surface area contributed by atoms with Crippen LogP contribution in [0.3, 0.4) is 0 Å². The summed E-state index contributed by atoms with van der Waals surface area (Å²) in [5, 5.41) is 2.72. The Balaban J connectivity index is 2.14. The van der Waals surface area contributed by atoms with Crippen LogP contribution in [0.4, 0.5) is 11.4 Å². The van der Waals surface area contributed by atoms with Crippen molar-refractivity contribution in [1.29, 1.82) is 0 Å². The second-order valence-corrected chi connectivity index (χ2v) is 8.76. The van der Waals surface area contributed by atoms with E-state index in [1.54, 1.807) is 36.4 Å². The third-order valence-corrected chi connectivity index (χ3v) is 4.83. The smallest absolute Gasteiger partial charge is 0.245 e. The highest BCUT2D eigenvalue weighted by molar-refractivity contribution is 7.92. The summed E-state index contributed by atoms with van der Waals surface area (Å²) in [6, 6.07) is 12.4. The number of nitrogens with zero attached hydrogens (tertiary/aromatic N) is 1. The molecule has 0 radical (unpaired) electrons. The number of amides is 1. The van der Waals surface area contributed by atoms with Gasteiger partial charge in [-0.15, -0.1) is 0 Å². The topological polar surface area (TPSA) is 75.7 Å². The molecule has 27 heavy (non-hydrogen) atoms. The average molecular weight is 391 g/mol. The number of sulfonamides is 1. The first kappa shape index (κ1) is 20.8. The minimum absolute atomic E-state index is 0.0616. The number of benzene rings is 2. The molecular formula is C20H26N2O4S. The zero-order chi connectivity index (χ0) is 20.2. The predicted molar refractivity (Wildman–Crippen MR) is 109 cm³/mol. The summed E-state index contributed by atoms with van der Waals surface area (Å²) in [4.78, 5) is 12.4. The van der Waals surface area contributed by atoms with Crippen molar-refractivity contribution < 1.29 is 17.9 Å². The molecule has 1 amide bonds. The fraction of sp³-hybridized carbons (Fsp3) is 0.350. The van der Waals surface area contributed by atoms with E-state index in [2.05, 4.69) is 5.32 Å². The molecule has 1 N–H and O–H groups in total. The first-order valence-electron chi connectivity index (χ1n) is 8.67. The third kappa shape index (κ3) is 6.29. The van der Waals surface area contributed by atoms with Gasteiger partial charge < -0.3 is 10.1 Å². The minimum Gasteiger partial charge on any atom is -0.491 e. The summed E-state index contributed by atoms with van der Waals surface area (Å²) in [5.74, 6) is 0.285. The number of ether oxygens (including phenoxy) is 1. The van der Waals surface area contributed by atoms with E-state index >= 15 is 0 Å². The summed E-state index contributed by atoms with van der Waals surface area (Å²) < 4.78 is 31.1. The second-order valence-electron chi connectivity index (χ2n) is 6.85. The number of aryl methyl sites for hydroxylation is 2. The van der Waals surface area contributed by atoms with Gasteiger partial charge in [0.25, 0.3) is 0 Å². The van der Waals surface area contributed by atoms with E-state index in [4.69, 9.17) is 4.74 Å². The molecule has 0 saturated carbocycles. The van der Waals surface area contributed by atoms with E-state index in [0.29, 0.717) is 17.1 Å². The Labute approximate surface area is 161 Å². The molecule has 2 aromatic carbocycles. The molecule has 2 rings (SSSR count). The normalized spacial score (nSPS) is 11.3. The lowest BCUT2D eigenvalue weighted by atomic mass is 10.1. The van der Waals surface area contributed by atoms with Crippen molar-refractivity contribution in [2.24, 2.45) is 0 Å². The molecule has 0 unspecified atom stereocenters. The second kappa shape index (κ2) is 8.43. The van der Waals surface area contributed by atoms with Gasteiger partial charge in [-0.25, -0.2) is 8.42 Å². The van der Waals surface area contributed by atoms with Gasteiger partial charge >= 0.3 is 0 Å². The molecule has 2 aromatic rings. The van der Waals surface area contributed by atoms with Gasteiger partial charge in [-0.05, 0) is 75.2 Å². The average Bonchev–Trinajstić information content (AvgIpc) is 2.52. The largest absolute Gasteiger partial charge is 0.491 e. The quantitative estimate of drug-likeness (QED) is 0.785. The number of nitrogens with one attached hydrogen (secondary N) is 1. The van der Waals surface area contributed by atoms with Gasteiger partial charge in [-0.2, -0.15) is 0 Å². The van der Waals surface area contributed by atoms with Gasteiger partial charge in [-0.3, -0.25) is 9.10 Å². The lowest BCUT2D eigenvalue weighted by Crippen LogP contribution is -2.37. The van der Waals surface area contributed by atoms with E-state index in [1.165, 1.54) is 0 Å². The monoisotopic (exact) mass is 390 g/mol. The van der Waals surface area contributed by atoms with Crippen LogP contribution in [0.15, 0.2) is 42.5 Å². The highest BCUT2D eigenvalue weighted by Crippen LogP contribution is 2.22. The van der Waals surface area contributed by atoms with Gasteiger partial charge in [0.1, 0.15) is 12.3 Å². The first-order valence-corrected chi connectivity index (χ1v) is 10.5. The van der Waals surface area contributed by atoms with Crippen molar-refractivity contribution in [2.45, 2.75) is 33.8 Å². The van der Waals surface area contributed by atoms with Crippen LogP contribution in [0.25, 0.3) is 0 Å². The van der Waals surface area contributed by atoms with Crippen molar-refractivity contribution >= 4 is 27.3 Å². The number of anilines is 2. The van der Waals surface area contributed by atoms with Gasteiger partial charge in [0.2, 0.25) is 15.9 Å². The molecular weight excluding hydrogens is 364 g/mol. The van der Waals surface area contributed by atoms with Crippen LogP contribution in [-0.2, 0) is 14.8 Å². The van der Waals surface area contributed by atoms with Crippen molar-refractivity contribution in [2.75, 3.05) is 22.4 Å². The van der Waals surface area contributed by atoms with Crippen LogP contribution in [0.1, 0.15) is 25.0 Å². The molecule has 0 atom stereocenters. The molecule has 0 aliphatic rings. The molecule has 0 aliphatic carbocycles. The highest BCUT2D eigenvalue weighted by atomic mass is 32.2. The Morgan fingerprint density at radius 2 is 1.63 bits per heavy atom. The van der Waals surface area contributed by atoms with Crippen LogP contribution < -0.4 is 14.4 Å². The lowest BCUT2D eigenvalue weighted by Gasteiger charge is -2.23. The Hall–Kier alpha value is -2.54. The van der Waals surface area contributed by atoms with Crippen molar-refractivity contribution in [1.82, 2.24) is 0 Å². The molecule has 0 saturated heterocycles. The SMILES string of the molecule is Cc1cc(C)cc(N(CC(=O)Nc2ccc(OC(C)C)cc2)S(C)(=O)=O)c1. The van der Waals surface area contributed by atoms with Gasteiger partial charge in [0, 0.05) is 5.69 Å². The Morgan fingerprint density at radius 1 is 1.07 bits per heavy atom. The zero-order valence-electron chi connectivity index (χ0n) is 16.3. The first-order chi connectivity index (χ1) is 12.5. The van der Waals surface area contributed by atoms with E-state index in [9.17, 15) is 13.2 Å². The fourth-order valence-electron chi connectivity index (χ4n) is 2.71. The van der Waals surface area contributed by atoms with Crippen LogP contribution >= 0.6 is 0 Å². The van der Waals surface area contributed by atoms with Crippen molar-refractivity contribution in [3.63, 3.8) is 0 Å². The molecule has 0 fully saturated rings. The Bertz CT molecular complexity index is 886. The van der Waals surface area contributed by atoms with Crippen LogP contribution in [0.5, 0.6) is 5.75 Å². The zero-order valence-corrected chi connectivity index (χ0v) is 17.1. The van der Waals surface area contributed by atoms with Crippen LogP contribution in [0, 0.1) is 13.8 Å². The molecule has 0 heterocycles. The predicted octanol–water partition coefficient (Wildman–Crippen LogP) is 3.50. The lowest BCUT2D eigenvalue weighted by molar-refractivity contribution is -0.114. The van der Waals surface area contributed by atoms with Gasteiger partial charge in [0.05, 0.1) is 18.0 Å². The number of carbonyl (C=O) groups is 1. The summed E-state index contributed by atoms with van der Waals surface area (Å²) in [5.41, 5.74) is 2.91. The number of hydrogen-bond acceptors (Lipinski definition) is 4. The number of hydrogen-bond donors (Lipinski definition) is 1. The maximum atomic E-state index is 12.4. The number of carbonyl (C=O) groups excluding carboxylic acids is 1. The summed E-state index contributed by atoms with van der Waals surface area (Å²) in [6.07, 6.45) is 1.15. The van der Waals surface area contributed by atoms with E-state index in [1.807, 2.05) is 33.8 Å². The molecule has 0 bridgehead atoms. The minimum atomic E-state index is -3.61. The Kier molecular flexibility index (Phi) is 6.49. The third-order valence-electron chi connectivity index (χ3n) is 3.69. The molecule has 7 heteroatoms. The summed E-state index contributed by atoms with van der Waals surface area (Å²) in [6.45, 7) is 7.34. The van der Waals surface area contributed by atoms with Crippen molar-refractivity contribution in [3.05, 3.63) is 53.6 Å². The van der Waals surface area contributed by atoms with Crippen LogP contribution in [0.2, 0.25) is 0 Å². The Morgan fingerprint density at radius 3 is 2.11 bits per heavy atom. The van der Waals surface area contributed by atoms with Crippen molar-refractivity contribution in [3.8, 4) is 5.75 Å². The van der Waals surface area contributed by atoms with Gasteiger partial charge in [0.15, 0.2) is 0 Å². The summed E-state index contributed by atoms with van der Waals surface area (Å²) >= 11 is 0. The number of rotatable bonds is 7. The highest BCUT2D eigenvalue weighted by Gasteiger charge is 2.21. The standard InChI is InChI=1S/C20H26N2O4S/c1-14(2)26-19-8-6-17(7-9-19)21-20(23)13-22(27(5,24)25)18-11-15(3)10-16(4)12-18/h6-12,14H,13H2,1-5H3,(H,21,23).